The Morgan fingerprint density at radius 2 is 1.58 bits per heavy atom. The first-order chi connectivity index (χ1) is 17.2. The van der Waals surface area contributed by atoms with Gasteiger partial charge in [0.2, 0.25) is 17.7 Å². The summed E-state index contributed by atoms with van der Waals surface area (Å²) in [6.07, 6.45) is 2.23. The minimum absolute atomic E-state index is 0.0283. The summed E-state index contributed by atoms with van der Waals surface area (Å²) >= 11 is 5.95. The van der Waals surface area contributed by atoms with Crippen molar-refractivity contribution >= 4 is 41.3 Å². The number of ketones is 1. The summed E-state index contributed by atoms with van der Waals surface area (Å²) in [5.74, 6) is -2.33. The highest BCUT2D eigenvalue weighted by molar-refractivity contribution is 6.30. The van der Waals surface area contributed by atoms with Crippen LogP contribution < -0.4 is 16.0 Å². The fraction of sp³-hybridized carbons (Fsp3) is 0.346. The summed E-state index contributed by atoms with van der Waals surface area (Å²) in [5.41, 5.74) is 1.43. The lowest BCUT2D eigenvalue weighted by Crippen LogP contribution is -2.54. The standard InChI is InChI=1S/C26H28ClFN4O4/c27-19-7-1-16(2-8-19)13-23(32-24(34)18-5-6-18)26(36)31-22(12-11-21(33)14-29)25(35)30-15-17-3-9-20(28)10-4-17/h1-4,7-10,14,18,22-23,29H,5-6,11-13,15H2,(H,30,35)(H,31,36)(H,32,34)/t22-,23-/m0/s1. The fourth-order valence-corrected chi connectivity index (χ4v) is 3.64. The molecule has 190 valence electrons. The molecule has 0 spiro atoms. The van der Waals surface area contributed by atoms with Crippen LogP contribution in [0, 0.1) is 17.1 Å². The molecule has 1 fully saturated rings. The number of rotatable bonds is 13. The number of hydrogen-bond donors (Lipinski definition) is 4. The summed E-state index contributed by atoms with van der Waals surface area (Å²) in [4.78, 5) is 50.2. The maximum absolute atomic E-state index is 13.2. The van der Waals surface area contributed by atoms with Gasteiger partial charge in [0.15, 0.2) is 5.78 Å². The summed E-state index contributed by atoms with van der Waals surface area (Å²) in [6.45, 7) is 0.0939. The zero-order valence-electron chi connectivity index (χ0n) is 19.6. The molecule has 0 unspecified atom stereocenters. The third-order valence-electron chi connectivity index (χ3n) is 5.79. The molecule has 0 bridgehead atoms. The molecular weight excluding hydrogens is 487 g/mol. The molecule has 0 aromatic heterocycles. The molecule has 0 radical (unpaired) electrons. The number of benzene rings is 2. The van der Waals surface area contributed by atoms with E-state index in [1.54, 1.807) is 24.3 Å². The zero-order valence-corrected chi connectivity index (χ0v) is 20.3. The van der Waals surface area contributed by atoms with Crippen LogP contribution in [-0.4, -0.2) is 41.8 Å². The monoisotopic (exact) mass is 514 g/mol. The molecule has 2 aromatic rings. The molecule has 0 aliphatic heterocycles. The van der Waals surface area contributed by atoms with Gasteiger partial charge in [0, 0.05) is 30.3 Å². The molecule has 0 saturated heterocycles. The number of halogens is 2. The number of carbonyl (C=O) groups is 4. The highest BCUT2D eigenvalue weighted by atomic mass is 35.5. The number of hydrogen-bond acceptors (Lipinski definition) is 5. The third kappa shape index (κ3) is 8.57. The van der Waals surface area contributed by atoms with Crippen LogP contribution in [-0.2, 0) is 32.1 Å². The molecule has 3 amide bonds. The van der Waals surface area contributed by atoms with Gasteiger partial charge in [-0.1, -0.05) is 35.9 Å². The van der Waals surface area contributed by atoms with Gasteiger partial charge in [0.25, 0.3) is 0 Å². The van der Waals surface area contributed by atoms with Crippen molar-refractivity contribution < 1.29 is 23.6 Å². The van der Waals surface area contributed by atoms with E-state index in [0.29, 0.717) is 16.8 Å². The SMILES string of the molecule is N=CC(=O)CC[C@H](NC(=O)[C@H](Cc1ccc(Cl)cc1)NC(=O)C1CC1)C(=O)NCc1ccc(F)cc1. The predicted molar refractivity (Wildman–Crippen MR) is 133 cm³/mol. The van der Waals surface area contributed by atoms with Gasteiger partial charge in [0.1, 0.15) is 17.9 Å². The van der Waals surface area contributed by atoms with Gasteiger partial charge in [-0.2, -0.15) is 0 Å². The van der Waals surface area contributed by atoms with E-state index in [0.717, 1.165) is 18.4 Å². The second kappa shape index (κ2) is 12.9. The second-order valence-corrected chi connectivity index (χ2v) is 9.16. The van der Waals surface area contributed by atoms with Crippen LogP contribution in [0.5, 0.6) is 0 Å². The predicted octanol–water partition coefficient (Wildman–Crippen LogP) is 2.72. The van der Waals surface area contributed by atoms with Crippen molar-refractivity contribution in [2.24, 2.45) is 5.92 Å². The van der Waals surface area contributed by atoms with Crippen LogP contribution in [0.15, 0.2) is 48.5 Å². The van der Waals surface area contributed by atoms with Gasteiger partial charge in [-0.25, -0.2) is 4.39 Å². The lowest BCUT2D eigenvalue weighted by Gasteiger charge is -2.23. The maximum atomic E-state index is 13.2. The van der Waals surface area contributed by atoms with Crippen molar-refractivity contribution in [1.82, 2.24) is 16.0 Å². The Labute approximate surface area is 213 Å². The fourth-order valence-electron chi connectivity index (χ4n) is 3.52. The summed E-state index contributed by atoms with van der Waals surface area (Å²) in [6, 6.07) is 10.4. The quantitative estimate of drug-likeness (QED) is 0.306. The van der Waals surface area contributed by atoms with Crippen LogP contribution in [0.4, 0.5) is 4.39 Å². The highest BCUT2D eigenvalue weighted by Gasteiger charge is 2.33. The third-order valence-corrected chi connectivity index (χ3v) is 6.04. The molecule has 36 heavy (non-hydrogen) atoms. The average Bonchev–Trinajstić information content (AvgIpc) is 3.72. The van der Waals surface area contributed by atoms with Crippen molar-refractivity contribution in [1.29, 1.82) is 5.41 Å². The summed E-state index contributed by atoms with van der Waals surface area (Å²) in [5, 5.41) is 15.7. The van der Waals surface area contributed by atoms with E-state index in [-0.39, 0.29) is 37.6 Å². The lowest BCUT2D eigenvalue weighted by atomic mass is 10.0. The molecule has 4 N–H and O–H groups in total. The normalized spacial score (nSPS) is 14.3. The van der Waals surface area contributed by atoms with E-state index < -0.39 is 35.5 Å². The van der Waals surface area contributed by atoms with Crippen LogP contribution >= 0.6 is 11.6 Å². The van der Waals surface area contributed by atoms with Gasteiger partial charge in [-0.15, -0.1) is 0 Å². The average molecular weight is 515 g/mol. The first kappa shape index (κ1) is 27.0. The first-order valence-corrected chi connectivity index (χ1v) is 12.0. The number of nitrogens with one attached hydrogen (secondary N) is 4. The lowest BCUT2D eigenvalue weighted by molar-refractivity contribution is -0.132. The van der Waals surface area contributed by atoms with Gasteiger partial charge in [0.05, 0.1) is 6.21 Å². The number of carbonyl (C=O) groups excluding carboxylic acids is 4. The first-order valence-electron chi connectivity index (χ1n) is 11.7. The molecule has 10 heteroatoms. The largest absolute Gasteiger partial charge is 0.350 e. The molecule has 1 saturated carbocycles. The van der Waals surface area contributed by atoms with Gasteiger partial charge in [-0.3, -0.25) is 19.2 Å². The minimum Gasteiger partial charge on any atom is -0.350 e. The Balaban J connectivity index is 1.70. The Morgan fingerprint density at radius 3 is 2.19 bits per heavy atom. The van der Waals surface area contributed by atoms with Crippen LogP contribution in [0.3, 0.4) is 0 Å². The number of Topliss-reactive ketones (excluding diaryl/α,β-unsaturated/α-hetero) is 1. The van der Waals surface area contributed by atoms with E-state index in [1.807, 2.05) is 0 Å². The van der Waals surface area contributed by atoms with Crippen molar-refractivity contribution in [3.8, 4) is 0 Å². The minimum atomic E-state index is -1.08. The van der Waals surface area contributed by atoms with Gasteiger partial charge < -0.3 is 21.4 Å². The topological polar surface area (TPSA) is 128 Å². The van der Waals surface area contributed by atoms with E-state index in [4.69, 9.17) is 17.0 Å². The van der Waals surface area contributed by atoms with Crippen molar-refractivity contribution in [2.45, 2.75) is 50.7 Å². The zero-order chi connectivity index (χ0) is 26.1. The Kier molecular flexibility index (Phi) is 9.69. The van der Waals surface area contributed by atoms with Crippen LogP contribution in [0.1, 0.15) is 36.8 Å². The van der Waals surface area contributed by atoms with Crippen molar-refractivity contribution in [3.05, 3.63) is 70.5 Å². The molecule has 2 atom stereocenters. The summed E-state index contributed by atoms with van der Waals surface area (Å²) < 4.78 is 13.1. The van der Waals surface area contributed by atoms with Gasteiger partial charge in [-0.05, 0) is 54.7 Å². The molecule has 1 aliphatic rings. The molecule has 8 nitrogen and oxygen atoms in total. The van der Waals surface area contributed by atoms with Crippen LogP contribution in [0.2, 0.25) is 5.02 Å². The number of amides is 3. The molecule has 1 aliphatic carbocycles. The Hall–Kier alpha value is -3.59. The smallest absolute Gasteiger partial charge is 0.243 e. The highest BCUT2D eigenvalue weighted by Crippen LogP contribution is 2.29. The van der Waals surface area contributed by atoms with E-state index in [9.17, 15) is 23.6 Å². The maximum Gasteiger partial charge on any atom is 0.243 e. The molecule has 2 aromatic carbocycles. The second-order valence-electron chi connectivity index (χ2n) is 8.72. The van der Waals surface area contributed by atoms with Crippen molar-refractivity contribution in [2.75, 3.05) is 0 Å². The molecular formula is C26H28ClFN4O4. The van der Waals surface area contributed by atoms with Crippen molar-refractivity contribution in [3.63, 3.8) is 0 Å². The Bertz CT molecular complexity index is 1100. The van der Waals surface area contributed by atoms with E-state index in [1.165, 1.54) is 24.3 Å². The van der Waals surface area contributed by atoms with E-state index in [2.05, 4.69) is 16.0 Å². The van der Waals surface area contributed by atoms with Gasteiger partial charge >= 0.3 is 0 Å². The van der Waals surface area contributed by atoms with E-state index >= 15 is 0 Å². The summed E-state index contributed by atoms with van der Waals surface area (Å²) in [7, 11) is 0. The molecule has 3 rings (SSSR count). The molecule has 0 heterocycles. The Morgan fingerprint density at radius 1 is 0.944 bits per heavy atom. The van der Waals surface area contributed by atoms with Crippen LogP contribution in [0.25, 0.3) is 0 Å².